The van der Waals surface area contributed by atoms with Crippen LogP contribution in [0.1, 0.15) is 15.9 Å². The van der Waals surface area contributed by atoms with Crippen molar-refractivity contribution in [2.75, 3.05) is 6.54 Å². The van der Waals surface area contributed by atoms with Crippen molar-refractivity contribution < 1.29 is 9.59 Å². The second-order valence-corrected chi connectivity index (χ2v) is 6.39. The minimum Gasteiger partial charge on any atom is -0.343 e. The quantitative estimate of drug-likeness (QED) is 0.564. The fourth-order valence-corrected chi connectivity index (χ4v) is 2.64. The van der Waals surface area contributed by atoms with Gasteiger partial charge in [0, 0.05) is 10.6 Å². The topological polar surface area (TPSA) is 70.6 Å². The second-order valence-electron chi connectivity index (χ2n) is 4.74. The number of amides is 2. The number of hydrogen-bond acceptors (Lipinski definition) is 3. The molecule has 0 radical (unpaired) electrons. The number of benzene rings is 2. The average Bonchev–Trinajstić information content (AvgIpc) is 2.57. The van der Waals surface area contributed by atoms with Gasteiger partial charge in [0.25, 0.3) is 11.8 Å². The van der Waals surface area contributed by atoms with Crippen molar-refractivity contribution in [3.63, 3.8) is 0 Å². The molecule has 2 amide bonds. The highest BCUT2D eigenvalue weighted by Crippen LogP contribution is 2.22. The van der Waals surface area contributed by atoms with E-state index in [1.54, 1.807) is 24.3 Å². The van der Waals surface area contributed by atoms with Crippen LogP contribution in [0.3, 0.4) is 0 Å². The van der Waals surface area contributed by atoms with Crippen LogP contribution in [0.5, 0.6) is 0 Å². The lowest BCUT2D eigenvalue weighted by molar-refractivity contribution is -0.120. The van der Waals surface area contributed by atoms with E-state index in [9.17, 15) is 9.59 Å². The molecule has 130 valence electrons. The zero-order chi connectivity index (χ0) is 18.4. The number of halogens is 4. The van der Waals surface area contributed by atoms with Gasteiger partial charge in [-0.3, -0.25) is 9.59 Å². The summed E-state index contributed by atoms with van der Waals surface area (Å²) in [5.41, 5.74) is 2.91. The van der Waals surface area contributed by atoms with E-state index in [2.05, 4.69) is 15.8 Å². The number of carbonyl (C=O) groups excluding carboxylic acids is 2. The van der Waals surface area contributed by atoms with Gasteiger partial charge in [-0.05, 0) is 30.3 Å². The summed E-state index contributed by atoms with van der Waals surface area (Å²) in [5.74, 6) is -1.06. The van der Waals surface area contributed by atoms with Crippen LogP contribution in [-0.4, -0.2) is 24.6 Å². The molecule has 2 aromatic carbocycles. The van der Waals surface area contributed by atoms with Crippen LogP contribution in [0.4, 0.5) is 0 Å². The Hall–Kier alpha value is -1.79. The zero-order valence-electron chi connectivity index (χ0n) is 12.5. The molecule has 0 aliphatic rings. The Kier molecular flexibility index (Phi) is 7.08. The molecule has 0 aromatic heterocycles. The van der Waals surface area contributed by atoms with Crippen molar-refractivity contribution in [1.29, 1.82) is 0 Å². The number of carbonyl (C=O) groups is 2. The molecular formula is C16H11Cl4N3O2. The monoisotopic (exact) mass is 417 g/mol. The van der Waals surface area contributed by atoms with Gasteiger partial charge in [-0.2, -0.15) is 5.10 Å². The van der Waals surface area contributed by atoms with E-state index in [1.165, 1.54) is 18.3 Å². The molecule has 0 atom stereocenters. The van der Waals surface area contributed by atoms with Crippen molar-refractivity contribution in [3.8, 4) is 0 Å². The Balaban J connectivity index is 1.89. The van der Waals surface area contributed by atoms with Gasteiger partial charge < -0.3 is 5.32 Å². The van der Waals surface area contributed by atoms with Crippen molar-refractivity contribution in [2.24, 2.45) is 5.10 Å². The summed E-state index contributed by atoms with van der Waals surface area (Å²) in [7, 11) is 0. The fraction of sp³-hybridized carbons (Fsp3) is 0.0625. The molecule has 0 saturated carbocycles. The van der Waals surface area contributed by atoms with E-state index in [0.29, 0.717) is 20.6 Å². The van der Waals surface area contributed by atoms with Gasteiger partial charge in [0.15, 0.2) is 0 Å². The summed E-state index contributed by atoms with van der Waals surface area (Å²) in [6.45, 7) is -0.296. The molecule has 5 nitrogen and oxygen atoms in total. The molecule has 0 bridgehead atoms. The van der Waals surface area contributed by atoms with E-state index >= 15 is 0 Å². The number of nitrogens with one attached hydrogen (secondary N) is 2. The number of nitrogens with zero attached hydrogens (tertiary/aromatic N) is 1. The Morgan fingerprint density at radius 3 is 2.36 bits per heavy atom. The molecule has 0 fully saturated rings. The van der Waals surface area contributed by atoms with Gasteiger partial charge in [-0.1, -0.05) is 52.5 Å². The van der Waals surface area contributed by atoms with Gasteiger partial charge in [0.05, 0.1) is 33.4 Å². The van der Waals surface area contributed by atoms with Gasteiger partial charge in [0.2, 0.25) is 0 Å². The van der Waals surface area contributed by atoms with Crippen LogP contribution in [0.15, 0.2) is 41.5 Å². The number of rotatable bonds is 5. The van der Waals surface area contributed by atoms with Crippen molar-refractivity contribution >= 4 is 64.4 Å². The summed E-state index contributed by atoms with van der Waals surface area (Å²) in [6, 6.07) is 9.45. The molecule has 2 N–H and O–H groups in total. The molecule has 0 saturated heterocycles. The van der Waals surface area contributed by atoms with Crippen LogP contribution >= 0.6 is 46.4 Å². The van der Waals surface area contributed by atoms with Crippen molar-refractivity contribution in [1.82, 2.24) is 10.7 Å². The van der Waals surface area contributed by atoms with Crippen LogP contribution in [0.25, 0.3) is 0 Å². The maximum atomic E-state index is 12.0. The second kappa shape index (κ2) is 9.06. The number of hydrogen-bond donors (Lipinski definition) is 2. The lowest BCUT2D eigenvalue weighted by Crippen LogP contribution is -2.35. The Morgan fingerprint density at radius 1 is 1.00 bits per heavy atom. The van der Waals surface area contributed by atoms with E-state index in [4.69, 9.17) is 46.4 Å². The normalized spacial score (nSPS) is 10.7. The number of hydrazone groups is 1. The molecule has 0 aliphatic heterocycles. The van der Waals surface area contributed by atoms with Crippen LogP contribution in [0.2, 0.25) is 20.1 Å². The Bertz CT molecular complexity index is 820. The van der Waals surface area contributed by atoms with Crippen molar-refractivity contribution in [3.05, 3.63) is 67.6 Å². The molecule has 0 heterocycles. The zero-order valence-corrected chi connectivity index (χ0v) is 15.5. The van der Waals surface area contributed by atoms with Crippen LogP contribution < -0.4 is 10.7 Å². The molecule has 0 spiro atoms. The lowest BCUT2D eigenvalue weighted by Gasteiger charge is -2.06. The molecule has 0 aliphatic carbocycles. The standard InChI is InChI=1S/C16H11Cl4N3O2/c17-9-4-5-14(20)10(6-9)16(25)21-8-15(24)23-22-7-11-12(18)2-1-3-13(11)19/h1-7H,8H2,(H,21,25)(H,23,24)/b22-7+. The van der Waals surface area contributed by atoms with Gasteiger partial charge in [0.1, 0.15) is 0 Å². The Labute approximate surface area is 163 Å². The highest BCUT2D eigenvalue weighted by molar-refractivity contribution is 6.38. The molecular weight excluding hydrogens is 408 g/mol. The summed E-state index contributed by atoms with van der Waals surface area (Å²) < 4.78 is 0. The molecule has 2 aromatic rings. The first-order chi connectivity index (χ1) is 11.9. The lowest BCUT2D eigenvalue weighted by atomic mass is 10.2. The summed E-state index contributed by atoms with van der Waals surface area (Å²) in [6.07, 6.45) is 1.32. The minimum absolute atomic E-state index is 0.174. The first-order valence-electron chi connectivity index (χ1n) is 6.87. The SMILES string of the molecule is O=C(CNC(=O)c1cc(Cl)ccc1Cl)N/N=C/c1c(Cl)cccc1Cl. The third-order valence-electron chi connectivity index (χ3n) is 2.97. The molecule has 9 heteroatoms. The third kappa shape index (κ3) is 5.61. The highest BCUT2D eigenvalue weighted by Gasteiger charge is 2.12. The third-order valence-corrected chi connectivity index (χ3v) is 4.19. The summed E-state index contributed by atoms with van der Waals surface area (Å²) >= 11 is 23.7. The summed E-state index contributed by atoms with van der Waals surface area (Å²) in [4.78, 5) is 23.7. The van der Waals surface area contributed by atoms with Crippen molar-refractivity contribution in [2.45, 2.75) is 0 Å². The van der Waals surface area contributed by atoms with E-state index < -0.39 is 11.8 Å². The first kappa shape index (κ1) is 19.5. The largest absolute Gasteiger partial charge is 0.343 e. The first-order valence-corrected chi connectivity index (χ1v) is 8.39. The van der Waals surface area contributed by atoms with E-state index in [1.807, 2.05) is 0 Å². The highest BCUT2D eigenvalue weighted by atomic mass is 35.5. The van der Waals surface area contributed by atoms with Gasteiger partial charge in [-0.15, -0.1) is 0 Å². The van der Waals surface area contributed by atoms with Gasteiger partial charge in [-0.25, -0.2) is 5.43 Å². The van der Waals surface area contributed by atoms with E-state index in [0.717, 1.165) is 0 Å². The predicted octanol–water partition coefficient (Wildman–Crippen LogP) is 4.18. The maximum Gasteiger partial charge on any atom is 0.259 e. The maximum absolute atomic E-state index is 12.0. The molecule has 25 heavy (non-hydrogen) atoms. The average molecular weight is 419 g/mol. The van der Waals surface area contributed by atoms with Crippen LogP contribution in [0, 0.1) is 0 Å². The van der Waals surface area contributed by atoms with E-state index in [-0.39, 0.29) is 17.1 Å². The molecule has 0 unspecified atom stereocenters. The summed E-state index contributed by atoms with van der Waals surface area (Å²) in [5, 5.41) is 7.56. The fourth-order valence-electron chi connectivity index (χ4n) is 1.77. The van der Waals surface area contributed by atoms with Crippen LogP contribution in [-0.2, 0) is 4.79 Å². The Morgan fingerprint density at radius 2 is 1.68 bits per heavy atom. The molecule has 2 rings (SSSR count). The minimum atomic E-state index is -0.536. The smallest absolute Gasteiger partial charge is 0.259 e. The predicted molar refractivity (Wildman–Crippen MR) is 101 cm³/mol. The van der Waals surface area contributed by atoms with Gasteiger partial charge >= 0.3 is 0 Å².